The summed E-state index contributed by atoms with van der Waals surface area (Å²) >= 11 is 1.44. The van der Waals surface area contributed by atoms with E-state index in [1.54, 1.807) is 12.5 Å². The lowest BCUT2D eigenvalue weighted by molar-refractivity contribution is -0.119. The number of hydrogen-bond acceptors (Lipinski definition) is 5. The highest BCUT2D eigenvalue weighted by molar-refractivity contribution is 7.22. The van der Waals surface area contributed by atoms with Crippen LogP contribution >= 0.6 is 11.3 Å². The monoisotopic (exact) mass is 314 g/mol. The van der Waals surface area contributed by atoms with Crippen molar-refractivity contribution in [3.63, 3.8) is 0 Å². The molecule has 0 atom stereocenters. The van der Waals surface area contributed by atoms with E-state index in [0.29, 0.717) is 18.0 Å². The lowest BCUT2D eigenvalue weighted by Gasteiger charge is -2.06. The van der Waals surface area contributed by atoms with Crippen LogP contribution in [0.3, 0.4) is 0 Å². The van der Waals surface area contributed by atoms with Gasteiger partial charge >= 0.3 is 0 Å². The van der Waals surface area contributed by atoms with Crippen molar-refractivity contribution in [1.29, 1.82) is 5.41 Å². The molecule has 1 aromatic carbocycles. The van der Waals surface area contributed by atoms with E-state index in [0.717, 1.165) is 15.8 Å². The minimum absolute atomic E-state index is 0.0729. The molecule has 0 saturated heterocycles. The number of furan rings is 1. The molecule has 6 nitrogen and oxygen atoms in total. The highest BCUT2D eigenvalue weighted by Crippen LogP contribution is 2.25. The third kappa shape index (κ3) is 3.50. The quantitative estimate of drug-likeness (QED) is 0.510. The number of para-hydroxylation sites is 1. The van der Waals surface area contributed by atoms with Crippen LogP contribution in [-0.4, -0.2) is 16.9 Å². The number of carbonyl (C=O) groups excluding carboxylic acids is 1. The average molecular weight is 314 g/mol. The first-order valence-electron chi connectivity index (χ1n) is 6.73. The number of aromatic nitrogens is 1. The molecule has 0 aliphatic heterocycles. The van der Waals surface area contributed by atoms with E-state index in [2.05, 4.69) is 15.6 Å². The maximum atomic E-state index is 11.8. The number of carbonyl (C=O) groups is 1. The standard InChI is InChI=1S/C15H14N4O2S/c16-14(18-13(20)6-5-10-7-8-21-9-10)19-15-17-11-3-1-2-4-12(11)22-15/h1-4,7-9H,5-6H2,(H3,16,17,18,19,20). The van der Waals surface area contributed by atoms with E-state index < -0.39 is 0 Å². The van der Waals surface area contributed by atoms with Crippen LogP contribution in [0.4, 0.5) is 5.13 Å². The summed E-state index contributed by atoms with van der Waals surface area (Å²) in [5.41, 5.74) is 1.83. The van der Waals surface area contributed by atoms with Gasteiger partial charge in [-0.2, -0.15) is 0 Å². The van der Waals surface area contributed by atoms with Gasteiger partial charge in [0, 0.05) is 6.42 Å². The number of rotatable bonds is 4. The zero-order chi connectivity index (χ0) is 15.4. The van der Waals surface area contributed by atoms with Crippen molar-refractivity contribution in [2.24, 2.45) is 0 Å². The Labute approximate surface area is 130 Å². The molecule has 0 saturated carbocycles. The number of fused-ring (bicyclic) bond motifs is 1. The second-order valence-electron chi connectivity index (χ2n) is 4.67. The van der Waals surface area contributed by atoms with Gasteiger partial charge in [-0.1, -0.05) is 23.5 Å². The first kappa shape index (κ1) is 14.3. The smallest absolute Gasteiger partial charge is 0.226 e. The molecule has 0 bridgehead atoms. The summed E-state index contributed by atoms with van der Waals surface area (Å²) in [7, 11) is 0. The van der Waals surface area contributed by atoms with Crippen molar-refractivity contribution in [2.75, 3.05) is 5.32 Å². The van der Waals surface area contributed by atoms with Crippen molar-refractivity contribution in [3.05, 3.63) is 48.4 Å². The lowest BCUT2D eigenvalue weighted by Crippen LogP contribution is -2.35. The zero-order valence-electron chi connectivity index (χ0n) is 11.6. The Morgan fingerprint density at radius 1 is 1.32 bits per heavy atom. The predicted octanol–water partition coefficient (Wildman–Crippen LogP) is 2.98. The third-order valence-corrected chi connectivity index (χ3v) is 3.96. The highest BCUT2D eigenvalue weighted by atomic mass is 32.1. The van der Waals surface area contributed by atoms with Crippen LogP contribution in [0.5, 0.6) is 0 Å². The minimum atomic E-state index is -0.222. The van der Waals surface area contributed by atoms with Gasteiger partial charge in [0.1, 0.15) is 0 Å². The Morgan fingerprint density at radius 2 is 2.18 bits per heavy atom. The van der Waals surface area contributed by atoms with E-state index >= 15 is 0 Å². The summed E-state index contributed by atoms with van der Waals surface area (Å²) in [6, 6.07) is 9.54. The molecule has 2 aromatic heterocycles. The maximum Gasteiger partial charge on any atom is 0.226 e. The second-order valence-corrected chi connectivity index (χ2v) is 5.70. The molecule has 0 aliphatic rings. The topological polar surface area (TPSA) is 91.0 Å². The fourth-order valence-electron chi connectivity index (χ4n) is 1.96. The number of hydrogen-bond donors (Lipinski definition) is 3. The number of amides is 1. The Balaban J connectivity index is 1.52. The normalized spacial score (nSPS) is 10.5. The SMILES string of the molecule is N=C(NC(=O)CCc1ccoc1)Nc1nc2ccccc2s1. The summed E-state index contributed by atoms with van der Waals surface area (Å²) in [6.45, 7) is 0. The van der Waals surface area contributed by atoms with Crippen molar-refractivity contribution < 1.29 is 9.21 Å². The molecule has 112 valence electrons. The van der Waals surface area contributed by atoms with E-state index in [-0.39, 0.29) is 11.9 Å². The fourth-order valence-corrected chi connectivity index (χ4v) is 2.83. The summed E-state index contributed by atoms with van der Waals surface area (Å²) in [4.78, 5) is 16.1. The van der Waals surface area contributed by atoms with Crippen molar-refractivity contribution in [2.45, 2.75) is 12.8 Å². The molecule has 0 radical (unpaired) electrons. The molecule has 1 amide bonds. The van der Waals surface area contributed by atoms with Crippen LogP contribution in [0, 0.1) is 5.41 Å². The summed E-state index contributed by atoms with van der Waals surface area (Å²) in [5, 5.41) is 13.7. The Bertz CT molecular complexity index is 762. The highest BCUT2D eigenvalue weighted by Gasteiger charge is 2.08. The summed E-state index contributed by atoms with van der Waals surface area (Å²) < 4.78 is 5.97. The van der Waals surface area contributed by atoms with Crippen LogP contribution < -0.4 is 10.6 Å². The van der Waals surface area contributed by atoms with E-state index in [9.17, 15) is 4.79 Å². The van der Waals surface area contributed by atoms with E-state index in [1.807, 2.05) is 30.3 Å². The van der Waals surface area contributed by atoms with Crippen LogP contribution in [-0.2, 0) is 11.2 Å². The zero-order valence-corrected chi connectivity index (χ0v) is 12.4. The van der Waals surface area contributed by atoms with Gasteiger partial charge in [0.25, 0.3) is 0 Å². The Kier molecular flexibility index (Phi) is 4.15. The van der Waals surface area contributed by atoms with Gasteiger partial charge in [0.05, 0.1) is 22.7 Å². The lowest BCUT2D eigenvalue weighted by atomic mass is 10.2. The van der Waals surface area contributed by atoms with Gasteiger partial charge in [-0.25, -0.2) is 4.98 Å². The molecule has 22 heavy (non-hydrogen) atoms. The second kappa shape index (κ2) is 6.40. The molecule has 7 heteroatoms. The fraction of sp³-hybridized carbons (Fsp3) is 0.133. The van der Waals surface area contributed by atoms with Gasteiger partial charge in [0.15, 0.2) is 5.13 Å². The summed E-state index contributed by atoms with van der Waals surface area (Å²) in [5.74, 6) is -0.295. The predicted molar refractivity (Wildman–Crippen MR) is 86.1 cm³/mol. The first-order valence-corrected chi connectivity index (χ1v) is 7.54. The van der Waals surface area contributed by atoms with Crippen LogP contribution in [0.25, 0.3) is 10.2 Å². The average Bonchev–Trinajstić information content (AvgIpc) is 3.13. The molecular formula is C15H14N4O2S. The maximum absolute atomic E-state index is 11.8. The molecular weight excluding hydrogens is 300 g/mol. The number of nitrogens with zero attached hydrogens (tertiary/aromatic N) is 1. The number of anilines is 1. The first-order chi connectivity index (χ1) is 10.7. The van der Waals surface area contributed by atoms with Crippen LogP contribution in [0.15, 0.2) is 47.3 Å². The number of nitrogens with one attached hydrogen (secondary N) is 3. The Morgan fingerprint density at radius 3 is 2.95 bits per heavy atom. The van der Waals surface area contributed by atoms with E-state index in [1.165, 1.54) is 11.3 Å². The molecule has 0 aliphatic carbocycles. The van der Waals surface area contributed by atoms with Gasteiger partial charge in [-0.3, -0.25) is 15.5 Å². The number of guanidine groups is 1. The molecule has 3 aromatic rings. The number of benzene rings is 1. The number of aryl methyl sites for hydroxylation is 1. The van der Waals surface area contributed by atoms with Crippen molar-refractivity contribution in [1.82, 2.24) is 10.3 Å². The van der Waals surface area contributed by atoms with Crippen molar-refractivity contribution in [3.8, 4) is 0 Å². The van der Waals surface area contributed by atoms with Gasteiger partial charge in [-0.15, -0.1) is 0 Å². The minimum Gasteiger partial charge on any atom is -0.472 e. The molecule has 2 heterocycles. The van der Waals surface area contributed by atoms with Crippen LogP contribution in [0.1, 0.15) is 12.0 Å². The summed E-state index contributed by atoms with van der Waals surface area (Å²) in [6.07, 6.45) is 4.06. The van der Waals surface area contributed by atoms with Crippen molar-refractivity contribution >= 4 is 38.6 Å². The van der Waals surface area contributed by atoms with Crippen LogP contribution in [0.2, 0.25) is 0 Å². The molecule has 0 spiro atoms. The van der Waals surface area contributed by atoms with E-state index in [4.69, 9.17) is 9.83 Å². The molecule has 3 rings (SSSR count). The largest absolute Gasteiger partial charge is 0.472 e. The molecule has 0 unspecified atom stereocenters. The molecule has 3 N–H and O–H groups in total. The van der Waals surface area contributed by atoms with Gasteiger partial charge in [0.2, 0.25) is 11.9 Å². The number of thiazole rings is 1. The third-order valence-electron chi connectivity index (χ3n) is 3.01. The Hall–Kier alpha value is -2.67. The van der Waals surface area contributed by atoms with Gasteiger partial charge < -0.3 is 9.73 Å². The molecule has 0 fully saturated rings. The van der Waals surface area contributed by atoms with Gasteiger partial charge in [-0.05, 0) is 30.2 Å².